The Hall–Kier alpha value is -4.88. The predicted molar refractivity (Wildman–Crippen MR) is 242 cm³/mol. The summed E-state index contributed by atoms with van der Waals surface area (Å²) in [5.74, 6) is -3.95. The van der Waals surface area contributed by atoms with Gasteiger partial charge in [0.15, 0.2) is 0 Å². The minimum absolute atomic E-state index is 0.0194. The molecule has 0 radical (unpaired) electrons. The number of carbonyl (C=O) groups excluding carboxylic acids is 6. The molecule has 2 unspecified atom stereocenters. The van der Waals surface area contributed by atoms with Crippen molar-refractivity contribution >= 4 is 42.6 Å². The van der Waals surface area contributed by atoms with Crippen molar-refractivity contribution in [2.75, 3.05) is 6.54 Å². The average molecular weight is 889 g/mol. The number of amides is 6. The first-order valence-corrected chi connectivity index (χ1v) is 22.8. The summed E-state index contributed by atoms with van der Waals surface area (Å²) in [5.41, 5.74) is 20.5. The van der Waals surface area contributed by atoms with Crippen LogP contribution in [0.5, 0.6) is 0 Å². The number of aryl methyl sites for hydroxylation is 1. The average Bonchev–Trinajstić information content (AvgIpc) is 3.63. The highest BCUT2D eigenvalue weighted by atomic mass is 16.7. The highest BCUT2D eigenvalue weighted by Crippen LogP contribution is 2.65. The zero-order valence-electron chi connectivity index (χ0n) is 38.1. The van der Waals surface area contributed by atoms with Gasteiger partial charge in [-0.05, 0) is 118 Å². The maximum absolute atomic E-state index is 13.7. The molecule has 2 aromatic carbocycles. The molecule has 0 aromatic heterocycles. The van der Waals surface area contributed by atoms with Crippen molar-refractivity contribution in [1.82, 2.24) is 26.6 Å². The minimum atomic E-state index is -1.55. The smallest absolute Gasteiger partial charge is 0.403 e. The van der Waals surface area contributed by atoms with Crippen molar-refractivity contribution in [1.29, 1.82) is 0 Å². The Morgan fingerprint density at radius 1 is 0.797 bits per heavy atom. The van der Waals surface area contributed by atoms with Crippen LogP contribution in [0.1, 0.15) is 115 Å². The second kappa shape index (κ2) is 21.9. The molecule has 3 saturated carbocycles. The zero-order valence-corrected chi connectivity index (χ0v) is 38.1. The predicted octanol–water partition coefficient (Wildman–Crippen LogP) is 1.71. The SMILES string of the molecule is CCCCc1ccc(-c2ccc(C(=O)N[C@@H](CCCCN)C(=O)N[C@H](C(=O)N[C@@H](CC)C(=O)N[C@@H](CC(N)=O)C(=O)N[C@@H](N)B3OC4C[C@@H]5C[C@@H](C5(C)C)[C@]4(C)O3)C(C)O)cc2)cc1. The Bertz CT molecular complexity index is 1970. The van der Waals surface area contributed by atoms with Gasteiger partial charge in [0, 0.05) is 5.56 Å². The standard InChI is InChI=1S/C46H69BN8O9/c1-7-9-12-27-14-16-28(17-15-27)29-18-20-30(21-19-29)39(58)52-33(13-10-11-22-48)41(60)54-38(26(3)56)43(62)51-32(8-2)40(59)53-34(25-37(49)57)42(61)55-44(50)47-63-36-24-31-23-35(45(31,4)5)46(36,6)64-47/h14-21,26,31-36,38,44,56H,7-13,22-25,48,50H2,1-6H3,(H2,49,57)(H,51,62)(H,52,58)(H,53,59)(H,54,60)(H,55,61)/t26?,31-,32-,33-,34-,35-,36?,38-,44+,46-/m0/s1. The molecule has 12 N–H and O–H groups in total. The number of benzene rings is 2. The minimum Gasteiger partial charge on any atom is -0.403 e. The summed E-state index contributed by atoms with van der Waals surface area (Å²) in [6, 6.07) is 8.76. The molecule has 0 spiro atoms. The fraction of sp³-hybridized carbons (Fsp3) is 0.609. The van der Waals surface area contributed by atoms with E-state index in [1.165, 1.54) is 12.5 Å². The number of nitrogens with two attached hydrogens (primary N) is 3. The van der Waals surface area contributed by atoms with Crippen molar-refractivity contribution in [2.24, 2.45) is 34.5 Å². The lowest BCUT2D eigenvalue weighted by Crippen LogP contribution is -2.65. The van der Waals surface area contributed by atoms with E-state index in [4.69, 9.17) is 26.5 Å². The molecular formula is C46H69BN8O9. The summed E-state index contributed by atoms with van der Waals surface area (Å²) < 4.78 is 12.5. The fourth-order valence-corrected chi connectivity index (χ4v) is 9.40. The third kappa shape index (κ3) is 11.9. The van der Waals surface area contributed by atoms with E-state index < -0.39 is 90.9 Å². The van der Waals surface area contributed by atoms with Gasteiger partial charge >= 0.3 is 7.12 Å². The third-order valence-corrected chi connectivity index (χ3v) is 13.5. The van der Waals surface area contributed by atoms with Crippen LogP contribution in [0.3, 0.4) is 0 Å². The molecule has 350 valence electrons. The van der Waals surface area contributed by atoms with Gasteiger partial charge in [-0.2, -0.15) is 0 Å². The summed E-state index contributed by atoms with van der Waals surface area (Å²) in [6.07, 6.45) is 4.12. The van der Waals surface area contributed by atoms with Crippen LogP contribution in [0.4, 0.5) is 0 Å². The van der Waals surface area contributed by atoms with E-state index in [1.54, 1.807) is 19.1 Å². The van der Waals surface area contributed by atoms with E-state index in [9.17, 15) is 33.9 Å². The number of hydrogen-bond donors (Lipinski definition) is 9. The molecule has 10 atom stereocenters. The maximum Gasteiger partial charge on any atom is 0.497 e. The topological polar surface area (TPSA) is 279 Å². The molecule has 6 amide bonds. The molecule has 4 aliphatic rings. The number of unbranched alkanes of at least 4 members (excludes halogenated alkanes) is 2. The summed E-state index contributed by atoms with van der Waals surface area (Å²) in [5, 5.41) is 23.6. The number of aliphatic hydroxyl groups excluding tert-OH is 1. The van der Waals surface area contributed by atoms with Crippen LogP contribution < -0.4 is 43.8 Å². The monoisotopic (exact) mass is 889 g/mol. The molecule has 2 bridgehead atoms. The van der Waals surface area contributed by atoms with Gasteiger partial charge in [0.25, 0.3) is 5.91 Å². The van der Waals surface area contributed by atoms with Crippen molar-refractivity contribution < 1.29 is 43.2 Å². The van der Waals surface area contributed by atoms with Crippen molar-refractivity contribution in [3.8, 4) is 11.1 Å². The van der Waals surface area contributed by atoms with Crippen LogP contribution in [-0.2, 0) is 39.7 Å². The zero-order chi connectivity index (χ0) is 46.9. The quantitative estimate of drug-likeness (QED) is 0.0440. The van der Waals surface area contributed by atoms with Crippen LogP contribution in [0.15, 0.2) is 48.5 Å². The Kier molecular flexibility index (Phi) is 17.1. The molecule has 17 nitrogen and oxygen atoms in total. The van der Waals surface area contributed by atoms with Crippen molar-refractivity contribution in [3.63, 3.8) is 0 Å². The molecule has 1 saturated heterocycles. The molecule has 3 aliphatic carbocycles. The second-order valence-corrected chi connectivity index (χ2v) is 18.5. The number of aliphatic hydroxyl groups is 1. The molecule has 2 aromatic rings. The molecular weight excluding hydrogens is 819 g/mol. The highest BCUT2D eigenvalue weighted by molar-refractivity contribution is 6.47. The number of primary amides is 1. The van der Waals surface area contributed by atoms with Crippen LogP contribution >= 0.6 is 0 Å². The summed E-state index contributed by atoms with van der Waals surface area (Å²) in [4.78, 5) is 80.0. The van der Waals surface area contributed by atoms with Gasteiger partial charge in [0.1, 0.15) is 30.2 Å². The lowest BCUT2D eigenvalue weighted by Gasteiger charge is -2.64. The molecule has 6 rings (SSSR count). The lowest BCUT2D eigenvalue weighted by atomic mass is 9.43. The van der Waals surface area contributed by atoms with Gasteiger partial charge < -0.3 is 58.2 Å². The second-order valence-electron chi connectivity index (χ2n) is 18.5. The Labute approximate surface area is 377 Å². The van der Waals surface area contributed by atoms with Gasteiger partial charge in [-0.3, -0.25) is 28.8 Å². The van der Waals surface area contributed by atoms with Crippen LogP contribution in [-0.4, -0.2) is 102 Å². The van der Waals surface area contributed by atoms with E-state index in [-0.39, 0.29) is 30.3 Å². The lowest BCUT2D eigenvalue weighted by molar-refractivity contribution is -0.199. The van der Waals surface area contributed by atoms with Gasteiger partial charge in [0.05, 0.1) is 24.2 Å². The Balaban J connectivity index is 1.18. The normalized spacial score (nSPS) is 23.5. The third-order valence-electron chi connectivity index (χ3n) is 13.5. The first kappa shape index (κ1) is 50.1. The fourth-order valence-electron chi connectivity index (χ4n) is 9.40. The largest absolute Gasteiger partial charge is 0.497 e. The molecule has 18 heteroatoms. The summed E-state index contributed by atoms with van der Waals surface area (Å²) in [6.45, 7) is 11.8. The van der Waals surface area contributed by atoms with Gasteiger partial charge in [-0.25, -0.2) is 0 Å². The Morgan fingerprint density at radius 2 is 1.41 bits per heavy atom. The molecule has 1 heterocycles. The van der Waals surface area contributed by atoms with Crippen LogP contribution in [0, 0.1) is 17.3 Å². The molecule has 4 fully saturated rings. The van der Waals surface area contributed by atoms with Gasteiger partial charge in [-0.1, -0.05) is 70.5 Å². The number of hydrogen-bond acceptors (Lipinski definition) is 11. The van der Waals surface area contributed by atoms with Gasteiger partial charge in [0.2, 0.25) is 29.5 Å². The Morgan fingerprint density at radius 3 is 1.98 bits per heavy atom. The van der Waals surface area contributed by atoms with Crippen LogP contribution in [0.25, 0.3) is 11.1 Å². The van der Waals surface area contributed by atoms with Gasteiger partial charge in [-0.15, -0.1) is 0 Å². The maximum atomic E-state index is 13.7. The first-order chi connectivity index (χ1) is 30.3. The highest BCUT2D eigenvalue weighted by Gasteiger charge is 2.68. The van der Waals surface area contributed by atoms with Crippen LogP contribution in [0.2, 0.25) is 0 Å². The first-order valence-electron chi connectivity index (χ1n) is 22.8. The number of rotatable bonds is 23. The number of carbonyl (C=O) groups is 6. The number of nitrogens with one attached hydrogen (secondary N) is 5. The van der Waals surface area contributed by atoms with E-state index in [1.807, 2.05) is 31.2 Å². The summed E-state index contributed by atoms with van der Waals surface area (Å²) in [7, 11) is -0.974. The summed E-state index contributed by atoms with van der Waals surface area (Å²) >= 11 is 0. The van der Waals surface area contributed by atoms with E-state index >= 15 is 0 Å². The van der Waals surface area contributed by atoms with E-state index in [0.29, 0.717) is 30.9 Å². The van der Waals surface area contributed by atoms with E-state index in [0.717, 1.165) is 43.2 Å². The van der Waals surface area contributed by atoms with Crippen molar-refractivity contribution in [2.45, 2.75) is 154 Å². The van der Waals surface area contributed by atoms with E-state index in [2.05, 4.69) is 59.5 Å². The molecule has 64 heavy (non-hydrogen) atoms. The molecule has 1 aliphatic heterocycles. The van der Waals surface area contributed by atoms with Crippen molar-refractivity contribution in [3.05, 3.63) is 59.7 Å².